The van der Waals surface area contributed by atoms with E-state index in [0.717, 1.165) is 65.4 Å². The fraction of sp³-hybridized carbons (Fsp3) is 0.462. The Morgan fingerprint density at radius 3 is 2.73 bits per heavy atom. The smallest absolute Gasteiger partial charge is 0.251 e. The summed E-state index contributed by atoms with van der Waals surface area (Å²) in [4.78, 5) is 37.7. The quantitative estimate of drug-likeness (QED) is 0.412. The van der Waals surface area contributed by atoms with Gasteiger partial charge in [-0.15, -0.1) is 11.3 Å². The number of anilines is 1. The summed E-state index contributed by atoms with van der Waals surface area (Å²) in [6, 6.07) is 4.09. The predicted molar refractivity (Wildman–Crippen MR) is 144 cm³/mol. The van der Waals surface area contributed by atoms with Crippen molar-refractivity contribution in [3.63, 3.8) is 0 Å². The molecular weight excluding hydrogens is 490 g/mol. The predicted octanol–water partition coefficient (Wildman–Crippen LogP) is 2.40. The number of nitrogens with one attached hydrogen (secondary N) is 1. The van der Waals surface area contributed by atoms with Gasteiger partial charge in [-0.25, -0.2) is 15.0 Å². The van der Waals surface area contributed by atoms with Crippen LogP contribution in [-0.2, 0) is 16.1 Å². The number of morpholine rings is 1. The molecule has 1 unspecified atom stereocenters. The fourth-order valence-corrected chi connectivity index (χ4v) is 6.35. The molecule has 6 rings (SSSR count). The number of H-pyrrole nitrogens is 1. The van der Waals surface area contributed by atoms with Gasteiger partial charge in [0.2, 0.25) is 0 Å². The monoisotopic (exact) mass is 521 g/mol. The summed E-state index contributed by atoms with van der Waals surface area (Å²) in [6.45, 7) is 10.3. The summed E-state index contributed by atoms with van der Waals surface area (Å²) in [5, 5.41) is 10.7. The van der Waals surface area contributed by atoms with Crippen LogP contribution in [0.4, 0.5) is 5.82 Å². The molecule has 4 aromatic rings. The average Bonchev–Trinajstić information content (AvgIpc) is 3.52. The third-order valence-electron chi connectivity index (χ3n) is 7.22. The minimum absolute atomic E-state index is 0.192. The first-order chi connectivity index (χ1) is 18.0. The molecule has 6 heterocycles. The van der Waals surface area contributed by atoms with Gasteiger partial charge in [0.15, 0.2) is 11.6 Å². The van der Waals surface area contributed by atoms with Gasteiger partial charge in [-0.1, -0.05) is 0 Å². The number of thiophene rings is 1. The average molecular weight is 522 g/mol. The molecule has 194 valence electrons. The Balaban J connectivity index is 1.34. The summed E-state index contributed by atoms with van der Waals surface area (Å²) >= 11 is 1.77. The van der Waals surface area contributed by atoms with E-state index in [-0.39, 0.29) is 5.91 Å². The van der Waals surface area contributed by atoms with Gasteiger partial charge in [-0.05, 0) is 31.5 Å². The minimum atomic E-state index is -0.948. The number of hydrogen-bond donors (Lipinski definition) is 2. The molecular formula is C26H31N7O3S. The summed E-state index contributed by atoms with van der Waals surface area (Å²) in [7, 11) is 0. The number of aryl methyl sites for hydroxylation is 1. The van der Waals surface area contributed by atoms with Crippen LogP contribution in [0.2, 0.25) is 0 Å². The zero-order valence-electron chi connectivity index (χ0n) is 21.1. The normalized spacial score (nSPS) is 18.1. The highest BCUT2D eigenvalue weighted by Gasteiger charge is 2.26. The van der Waals surface area contributed by atoms with E-state index in [1.165, 1.54) is 17.4 Å². The third-order valence-corrected chi connectivity index (χ3v) is 8.49. The highest BCUT2D eigenvalue weighted by molar-refractivity contribution is 7.19. The van der Waals surface area contributed by atoms with Crippen molar-refractivity contribution >= 4 is 44.3 Å². The number of aliphatic hydroxyl groups excluding tert-OH is 1. The largest absolute Gasteiger partial charge is 0.384 e. The minimum Gasteiger partial charge on any atom is -0.384 e. The highest BCUT2D eigenvalue weighted by atomic mass is 32.1. The molecule has 2 aliphatic rings. The molecule has 0 radical (unpaired) electrons. The number of carbonyl (C=O) groups excluding carboxylic acids is 1. The summed E-state index contributed by atoms with van der Waals surface area (Å²) in [5.74, 6) is 1.45. The molecule has 10 nitrogen and oxygen atoms in total. The van der Waals surface area contributed by atoms with Crippen LogP contribution >= 0.6 is 11.3 Å². The van der Waals surface area contributed by atoms with Gasteiger partial charge in [0.25, 0.3) is 5.91 Å². The Hall–Kier alpha value is -3.12. The first-order valence-corrected chi connectivity index (χ1v) is 13.5. The number of aromatic amines is 1. The van der Waals surface area contributed by atoms with Gasteiger partial charge in [-0.2, -0.15) is 0 Å². The molecule has 37 heavy (non-hydrogen) atoms. The molecule has 11 heteroatoms. The molecule has 2 fully saturated rings. The lowest BCUT2D eigenvalue weighted by Crippen LogP contribution is -2.50. The second-order valence-corrected chi connectivity index (χ2v) is 10.8. The molecule has 0 saturated carbocycles. The van der Waals surface area contributed by atoms with Crippen LogP contribution in [0.15, 0.2) is 24.5 Å². The zero-order chi connectivity index (χ0) is 25.5. The van der Waals surface area contributed by atoms with E-state index < -0.39 is 6.10 Å². The maximum Gasteiger partial charge on any atom is 0.251 e. The number of aliphatic hydroxyl groups is 1. The lowest BCUT2D eigenvalue weighted by molar-refractivity contribution is -0.141. The molecule has 0 spiro atoms. The lowest BCUT2D eigenvalue weighted by Gasteiger charge is -2.35. The van der Waals surface area contributed by atoms with Crippen LogP contribution < -0.4 is 4.90 Å². The van der Waals surface area contributed by atoms with Crippen LogP contribution in [0.25, 0.3) is 32.6 Å². The lowest BCUT2D eigenvalue weighted by atomic mass is 10.2. The van der Waals surface area contributed by atoms with Crippen molar-refractivity contribution in [1.82, 2.24) is 29.7 Å². The molecule has 2 saturated heterocycles. The van der Waals surface area contributed by atoms with Crippen molar-refractivity contribution in [3.05, 3.63) is 35.0 Å². The van der Waals surface area contributed by atoms with Crippen LogP contribution in [0, 0.1) is 6.92 Å². The van der Waals surface area contributed by atoms with Gasteiger partial charge < -0.3 is 24.6 Å². The number of piperazine rings is 1. The first kappa shape index (κ1) is 24.2. The highest BCUT2D eigenvalue weighted by Crippen LogP contribution is 2.38. The second-order valence-electron chi connectivity index (χ2n) is 9.72. The van der Waals surface area contributed by atoms with Gasteiger partial charge in [-0.3, -0.25) is 9.69 Å². The Labute approximate surface area is 218 Å². The number of aromatic nitrogens is 4. The maximum absolute atomic E-state index is 12.2. The van der Waals surface area contributed by atoms with Gasteiger partial charge >= 0.3 is 0 Å². The van der Waals surface area contributed by atoms with E-state index in [9.17, 15) is 9.90 Å². The molecule has 0 bridgehead atoms. The van der Waals surface area contributed by atoms with Crippen LogP contribution in [-0.4, -0.2) is 99.3 Å². The van der Waals surface area contributed by atoms with Crippen LogP contribution in [0.5, 0.6) is 0 Å². The number of hydrogen-bond acceptors (Lipinski definition) is 9. The number of nitrogens with zero attached hydrogens (tertiary/aromatic N) is 6. The molecule has 2 aliphatic heterocycles. The van der Waals surface area contributed by atoms with Crippen molar-refractivity contribution in [1.29, 1.82) is 0 Å². The van der Waals surface area contributed by atoms with E-state index in [2.05, 4.69) is 32.8 Å². The van der Waals surface area contributed by atoms with Crippen molar-refractivity contribution in [3.8, 4) is 11.4 Å². The Kier molecular flexibility index (Phi) is 6.53. The van der Waals surface area contributed by atoms with Gasteiger partial charge in [0.05, 0.1) is 23.4 Å². The molecule has 1 atom stereocenters. The number of rotatable bonds is 5. The Morgan fingerprint density at radius 1 is 1.19 bits per heavy atom. The van der Waals surface area contributed by atoms with Crippen molar-refractivity contribution < 1.29 is 14.6 Å². The fourth-order valence-electron chi connectivity index (χ4n) is 5.04. The van der Waals surface area contributed by atoms with Crippen molar-refractivity contribution in [2.24, 2.45) is 0 Å². The maximum atomic E-state index is 12.2. The zero-order valence-corrected chi connectivity index (χ0v) is 21.9. The summed E-state index contributed by atoms with van der Waals surface area (Å²) in [6.07, 6.45) is 2.77. The Morgan fingerprint density at radius 2 is 1.97 bits per heavy atom. The standard InChI is InChI=1S/C26H31N7O3S/c1-16-20(15-31-5-7-33(8-6-31)26(35)17(2)34)37-22-21(16)29-24(30-25(22)32-9-11-36-12-10-32)19-13-18-3-4-27-23(18)28-14-19/h3-4,13-14,17,34H,5-12,15H2,1-2H3,(H,27,28). The summed E-state index contributed by atoms with van der Waals surface area (Å²) in [5.41, 5.74) is 3.91. The van der Waals surface area contributed by atoms with Gasteiger partial charge in [0.1, 0.15) is 11.8 Å². The first-order valence-electron chi connectivity index (χ1n) is 12.7. The second kappa shape index (κ2) is 9.97. The number of pyridine rings is 1. The van der Waals surface area contributed by atoms with Crippen LogP contribution in [0.1, 0.15) is 17.4 Å². The molecule has 4 aromatic heterocycles. The molecule has 0 aromatic carbocycles. The number of fused-ring (bicyclic) bond motifs is 2. The number of ether oxygens (including phenoxy) is 1. The van der Waals surface area contributed by atoms with E-state index >= 15 is 0 Å². The van der Waals surface area contributed by atoms with E-state index in [1.54, 1.807) is 16.2 Å². The van der Waals surface area contributed by atoms with E-state index in [0.29, 0.717) is 32.1 Å². The summed E-state index contributed by atoms with van der Waals surface area (Å²) < 4.78 is 6.72. The van der Waals surface area contributed by atoms with E-state index in [1.807, 2.05) is 18.5 Å². The number of amides is 1. The Bertz CT molecular complexity index is 1430. The van der Waals surface area contributed by atoms with Crippen LogP contribution in [0.3, 0.4) is 0 Å². The van der Waals surface area contributed by atoms with E-state index in [4.69, 9.17) is 14.7 Å². The molecule has 1 amide bonds. The molecule has 2 N–H and O–H groups in total. The third kappa shape index (κ3) is 4.68. The topological polar surface area (TPSA) is 111 Å². The number of carbonyl (C=O) groups is 1. The molecule has 0 aliphatic carbocycles. The van der Waals surface area contributed by atoms with Crippen molar-refractivity contribution in [2.45, 2.75) is 26.5 Å². The van der Waals surface area contributed by atoms with Gasteiger partial charge in [0, 0.05) is 74.0 Å². The SMILES string of the molecule is Cc1c(CN2CCN(C(=O)C(C)O)CC2)sc2c(N3CCOCC3)nc(-c3cnc4[nH]ccc4c3)nc12. The van der Waals surface area contributed by atoms with Crippen molar-refractivity contribution in [2.75, 3.05) is 57.4 Å².